The zero-order valence-electron chi connectivity index (χ0n) is 22.5. The van der Waals surface area contributed by atoms with Crippen LogP contribution in [-0.2, 0) is 27.2 Å². The molecule has 0 radical (unpaired) electrons. The molecule has 3 aliphatic rings. The van der Waals surface area contributed by atoms with Crippen molar-refractivity contribution >= 4 is 49.6 Å². The van der Waals surface area contributed by atoms with E-state index in [4.69, 9.17) is 29.6 Å². The molecule has 44 heavy (non-hydrogen) atoms. The van der Waals surface area contributed by atoms with Crippen LogP contribution < -0.4 is 11.5 Å². The Morgan fingerprint density at radius 2 is 1.14 bits per heavy atom. The van der Waals surface area contributed by atoms with Crippen molar-refractivity contribution in [3.8, 4) is 0 Å². The van der Waals surface area contributed by atoms with Crippen LogP contribution in [0.15, 0.2) is 25.3 Å². The van der Waals surface area contributed by atoms with Crippen LogP contribution in [0.5, 0.6) is 0 Å². The standard InChI is InChI=1S/C22H26F2N10O8P2/c23-13-11(33-7-31-15-19(25)27-5-29-21(15)33)1-9-3-39-43(35,36)42-18-10(4-40-44(37,38)41-17(9)13)2-12(14(18)24)34-8-32-16-20(26)28-6-30-22(16)34/h5-14,17-18H,1-4H2,(H,35,36)(H,37,38)(H2,25,27,29)(H2,26,28,30)/t9-,10-,11-,12-,13?,14?,17?,18?/m1/s1. The molecule has 7 rings (SSSR count). The summed E-state index contributed by atoms with van der Waals surface area (Å²) in [7, 11) is -9.93. The van der Waals surface area contributed by atoms with Gasteiger partial charge in [-0.05, 0) is 12.8 Å². The van der Waals surface area contributed by atoms with E-state index >= 15 is 8.78 Å². The number of alkyl halides is 2. The van der Waals surface area contributed by atoms with Gasteiger partial charge in [0.25, 0.3) is 0 Å². The Balaban J connectivity index is 1.17. The third kappa shape index (κ3) is 5.04. The summed E-state index contributed by atoms with van der Waals surface area (Å²) in [5, 5.41) is 0. The molecular formula is C22H26F2N10O8P2. The fraction of sp³-hybridized carbons (Fsp3) is 0.545. The number of phosphoric acid groups is 2. The zero-order chi connectivity index (χ0) is 31.0. The summed E-state index contributed by atoms with van der Waals surface area (Å²) in [5.41, 5.74) is 12.5. The number of rotatable bonds is 2. The minimum absolute atomic E-state index is 0.0671. The molecule has 5 heterocycles. The van der Waals surface area contributed by atoms with Gasteiger partial charge in [-0.3, -0.25) is 18.1 Å². The quantitative estimate of drug-likeness (QED) is 0.223. The average Bonchev–Trinajstić information content (AvgIpc) is 3.73. The van der Waals surface area contributed by atoms with Crippen molar-refractivity contribution in [1.82, 2.24) is 39.0 Å². The van der Waals surface area contributed by atoms with Crippen LogP contribution in [0.1, 0.15) is 24.9 Å². The Morgan fingerprint density at radius 3 is 1.55 bits per heavy atom. The lowest BCUT2D eigenvalue weighted by molar-refractivity contribution is -0.0118. The van der Waals surface area contributed by atoms with Gasteiger partial charge in [-0.2, -0.15) is 0 Å². The number of hydrogen-bond donors (Lipinski definition) is 4. The summed E-state index contributed by atoms with van der Waals surface area (Å²) in [5.74, 6) is -1.96. The maximum atomic E-state index is 16.0. The maximum absolute atomic E-state index is 16.0. The first-order valence-corrected chi connectivity index (χ1v) is 16.4. The molecule has 6 N–H and O–H groups in total. The van der Waals surface area contributed by atoms with Gasteiger partial charge in [-0.1, -0.05) is 0 Å². The van der Waals surface area contributed by atoms with Gasteiger partial charge in [0.2, 0.25) is 0 Å². The average molecular weight is 658 g/mol. The summed E-state index contributed by atoms with van der Waals surface area (Å²) in [6, 6.07) is -2.09. The molecule has 0 aromatic carbocycles. The van der Waals surface area contributed by atoms with Crippen molar-refractivity contribution in [3.63, 3.8) is 0 Å². The van der Waals surface area contributed by atoms with E-state index in [2.05, 4.69) is 29.9 Å². The number of halogens is 2. The highest BCUT2D eigenvalue weighted by Gasteiger charge is 2.53. The molecule has 10 atom stereocenters. The van der Waals surface area contributed by atoms with Crippen LogP contribution in [0.3, 0.4) is 0 Å². The molecule has 2 aliphatic carbocycles. The smallest absolute Gasteiger partial charge is 0.382 e. The molecule has 6 unspecified atom stereocenters. The van der Waals surface area contributed by atoms with Crippen molar-refractivity contribution in [2.24, 2.45) is 11.8 Å². The summed E-state index contributed by atoms with van der Waals surface area (Å²) in [4.78, 5) is 45.4. The normalized spacial score (nSPS) is 38.3. The highest BCUT2D eigenvalue weighted by atomic mass is 31.2. The van der Waals surface area contributed by atoms with Gasteiger partial charge in [0.1, 0.15) is 48.2 Å². The van der Waals surface area contributed by atoms with Crippen molar-refractivity contribution in [2.75, 3.05) is 24.7 Å². The van der Waals surface area contributed by atoms with Gasteiger partial charge in [-0.15, -0.1) is 0 Å². The van der Waals surface area contributed by atoms with Crippen LogP contribution in [0.25, 0.3) is 22.3 Å². The Kier molecular flexibility index (Phi) is 7.17. The van der Waals surface area contributed by atoms with Crippen molar-refractivity contribution in [2.45, 2.75) is 49.5 Å². The number of anilines is 2. The third-order valence-corrected chi connectivity index (χ3v) is 10.3. The second kappa shape index (κ2) is 10.7. The number of fused-ring (bicyclic) bond motifs is 4. The number of phosphoric ester groups is 2. The molecule has 1 saturated heterocycles. The predicted octanol–water partition coefficient (Wildman–Crippen LogP) is 1.65. The Hall–Kier alpha value is -3.22. The van der Waals surface area contributed by atoms with Gasteiger partial charge >= 0.3 is 15.6 Å². The van der Waals surface area contributed by atoms with E-state index in [1.165, 1.54) is 34.4 Å². The van der Waals surface area contributed by atoms with E-state index in [0.29, 0.717) is 0 Å². The maximum Gasteiger partial charge on any atom is 0.472 e. The minimum atomic E-state index is -4.96. The number of nitrogens with two attached hydrogens (primary N) is 2. The molecule has 0 amide bonds. The number of imidazole rings is 2. The second-order valence-corrected chi connectivity index (χ2v) is 13.7. The van der Waals surface area contributed by atoms with Crippen molar-refractivity contribution in [3.05, 3.63) is 25.3 Å². The van der Waals surface area contributed by atoms with Crippen LogP contribution in [0.4, 0.5) is 20.4 Å². The molecule has 1 aliphatic heterocycles. The van der Waals surface area contributed by atoms with Gasteiger partial charge in [0.05, 0.1) is 38.0 Å². The highest BCUT2D eigenvalue weighted by Crippen LogP contribution is 2.57. The van der Waals surface area contributed by atoms with E-state index in [-0.39, 0.29) is 46.8 Å². The Bertz CT molecular complexity index is 1700. The Morgan fingerprint density at radius 1 is 0.727 bits per heavy atom. The molecule has 0 bridgehead atoms. The molecule has 18 nitrogen and oxygen atoms in total. The first-order chi connectivity index (χ1) is 20.9. The van der Waals surface area contributed by atoms with Crippen molar-refractivity contribution in [1.29, 1.82) is 0 Å². The highest BCUT2D eigenvalue weighted by molar-refractivity contribution is 7.47. The molecule has 22 heteroatoms. The fourth-order valence-electron chi connectivity index (χ4n) is 6.23. The largest absolute Gasteiger partial charge is 0.472 e. The predicted molar refractivity (Wildman–Crippen MR) is 145 cm³/mol. The molecule has 0 spiro atoms. The number of nitrogens with zero attached hydrogens (tertiary/aromatic N) is 8. The monoisotopic (exact) mass is 658 g/mol. The molecule has 4 aromatic heterocycles. The summed E-state index contributed by atoms with van der Waals surface area (Å²) in [6.45, 7) is -1.28. The van der Waals surface area contributed by atoms with Crippen LogP contribution in [-0.4, -0.2) is 86.6 Å². The fourth-order valence-corrected chi connectivity index (χ4v) is 8.30. The molecule has 3 fully saturated rings. The molecular weight excluding hydrogens is 632 g/mol. The summed E-state index contributed by atoms with van der Waals surface area (Å²) in [6.07, 6.45) is -2.37. The number of aromatic nitrogens is 8. The second-order valence-electron chi connectivity index (χ2n) is 10.8. The van der Waals surface area contributed by atoms with E-state index in [1.807, 2.05) is 0 Å². The lowest BCUT2D eigenvalue weighted by Gasteiger charge is -2.28. The number of hydrogen-bond acceptors (Lipinski definition) is 14. The first-order valence-electron chi connectivity index (χ1n) is 13.4. The minimum Gasteiger partial charge on any atom is -0.382 e. The molecule has 2 saturated carbocycles. The third-order valence-electron chi connectivity index (χ3n) is 8.28. The van der Waals surface area contributed by atoms with E-state index in [1.54, 1.807) is 0 Å². The lowest BCUT2D eigenvalue weighted by Crippen LogP contribution is -2.33. The van der Waals surface area contributed by atoms with Crippen LogP contribution >= 0.6 is 15.6 Å². The van der Waals surface area contributed by atoms with Crippen molar-refractivity contribution < 1.29 is 45.8 Å². The SMILES string of the molecule is Nc1ncnc2c1ncn2[C@@H]1C[C@@H]2COP(=O)(O)OC3C(F)[C@H](n4cnc5c(N)ncnc54)C[C@@H]3COP(=O)(O)OC2C1F. The lowest BCUT2D eigenvalue weighted by atomic mass is 10.1. The first kappa shape index (κ1) is 29.5. The molecule has 4 aromatic rings. The van der Waals surface area contributed by atoms with Crippen LogP contribution in [0, 0.1) is 11.8 Å². The van der Waals surface area contributed by atoms with Gasteiger partial charge in [0, 0.05) is 11.8 Å². The van der Waals surface area contributed by atoms with Crippen LogP contribution in [0.2, 0.25) is 0 Å². The number of nitrogen functional groups attached to an aromatic ring is 2. The summed E-state index contributed by atoms with van der Waals surface area (Å²) >= 11 is 0. The van der Waals surface area contributed by atoms with Gasteiger partial charge < -0.3 is 30.4 Å². The topological polar surface area (TPSA) is 251 Å². The van der Waals surface area contributed by atoms with E-state index in [9.17, 15) is 18.9 Å². The summed E-state index contributed by atoms with van der Waals surface area (Å²) < 4.78 is 81.9. The Labute approximate surface area is 246 Å². The zero-order valence-corrected chi connectivity index (χ0v) is 24.3. The van der Waals surface area contributed by atoms with E-state index < -0.39 is 77.3 Å². The van der Waals surface area contributed by atoms with E-state index in [0.717, 1.165) is 0 Å². The molecule has 236 valence electrons. The van der Waals surface area contributed by atoms with Gasteiger partial charge in [-0.25, -0.2) is 47.8 Å². The van der Waals surface area contributed by atoms with Gasteiger partial charge in [0.15, 0.2) is 22.9 Å².